The molecule has 0 bridgehead atoms. The van der Waals surface area contributed by atoms with Crippen LogP contribution in [-0.2, 0) is 14.3 Å². The van der Waals surface area contributed by atoms with Crippen LogP contribution in [0.15, 0.2) is 30.3 Å². The van der Waals surface area contributed by atoms with Gasteiger partial charge in [-0.25, -0.2) is 0 Å². The Kier molecular flexibility index (Phi) is 4.69. The Balaban J connectivity index is 1.50. The molecule has 1 aromatic carbocycles. The number of benzene rings is 1. The number of carbonyl (C=O) groups is 2. The summed E-state index contributed by atoms with van der Waals surface area (Å²) in [4.78, 5) is 26.7. The van der Waals surface area contributed by atoms with Gasteiger partial charge in [0.1, 0.15) is 11.1 Å². The lowest BCUT2D eigenvalue weighted by atomic mass is 9.93. The summed E-state index contributed by atoms with van der Waals surface area (Å²) >= 11 is 1.34. The number of likely N-dealkylation sites (tertiary alicyclic amines) is 1. The SMILES string of the molecule is CN1C(=O)C[C@@H](C(=O)Nc2nnc([C@@H]3CCCO3)s2)[C@@H]1c1ccccc1. The number of hydrogen-bond acceptors (Lipinski definition) is 6. The molecule has 3 atom stereocenters. The molecule has 4 rings (SSSR count). The fraction of sp³-hybridized carbons (Fsp3) is 0.444. The Hall–Kier alpha value is -2.32. The number of hydrogen-bond donors (Lipinski definition) is 1. The van der Waals surface area contributed by atoms with Gasteiger partial charge >= 0.3 is 0 Å². The number of amides is 2. The zero-order valence-electron chi connectivity index (χ0n) is 14.4. The van der Waals surface area contributed by atoms with E-state index in [0.717, 1.165) is 30.0 Å². The average molecular weight is 372 g/mol. The van der Waals surface area contributed by atoms with Crippen molar-refractivity contribution in [2.24, 2.45) is 5.92 Å². The first-order chi connectivity index (χ1) is 12.6. The van der Waals surface area contributed by atoms with Gasteiger partial charge in [0.15, 0.2) is 0 Å². The summed E-state index contributed by atoms with van der Waals surface area (Å²) in [6.45, 7) is 0.737. The van der Waals surface area contributed by atoms with Crippen LogP contribution in [0.2, 0.25) is 0 Å². The van der Waals surface area contributed by atoms with E-state index in [-0.39, 0.29) is 30.4 Å². The Morgan fingerprint density at radius 2 is 2.12 bits per heavy atom. The van der Waals surface area contributed by atoms with E-state index in [0.29, 0.717) is 5.13 Å². The van der Waals surface area contributed by atoms with Gasteiger partial charge in [-0.05, 0) is 18.4 Å². The molecule has 3 heterocycles. The van der Waals surface area contributed by atoms with Crippen molar-refractivity contribution >= 4 is 28.3 Å². The van der Waals surface area contributed by atoms with E-state index in [4.69, 9.17) is 4.74 Å². The summed E-state index contributed by atoms with van der Waals surface area (Å²) in [7, 11) is 1.74. The van der Waals surface area contributed by atoms with E-state index in [1.807, 2.05) is 30.3 Å². The predicted molar refractivity (Wildman–Crippen MR) is 96.5 cm³/mol. The van der Waals surface area contributed by atoms with Gasteiger partial charge in [-0.3, -0.25) is 9.59 Å². The van der Waals surface area contributed by atoms with E-state index in [9.17, 15) is 9.59 Å². The smallest absolute Gasteiger partial charge is 0.232 e. The van der Waals surface area contributed by atoms with E-state index in [1.54, 1.807) is 11.9 Å². The minimum absolute atomic E-state index is 0.0191. The van der Waals surface area contributed by atoms with Crippen LogP contribution in [-0.4, -0.2) is 40.6 Å². The normalized spacial score (nSPS) is 25.7. The van der Waals surface area contributed by atoms with Crippen molar-refractivity contribution in [3.05, 3.63) is 40.9 Å². The summed E-state index contributed by atoms with van der Waals surface area (Å²) in [6, 6.07) is 9.37. The van der Waals surface area contributed by atoms with E-state index in [1.165, 1.54) is 11.3 Å². The van der Waals surface area contributed by atoms with E-state index >= 15 is 0 Å². The van der Waals surface area contributed by atoms with Gasteiger partial charge in [0.25, 0.3) is 0 Å². The summed E-state index contributed by atoms with van der Waals surface area (Å²) in [5.74, 6) is -0.687. The topological polar surface area (TPSA) is 84.4 Å². The van der Waals surface area contributed by atoms with Crippen molar-refractivity contribution in [2.75, 3.05) is 19.0 Å². The first-order valence-corrected chi connectivity index (χ1v) is 9.51. The van der Waals surface area contributed by atoms with Crippen LogP contribution in [0, 0.1) is 5.92 Å². The maximum atomic E-state index is 12.8. The summed E-state index contributed by atoms with van der Waals surface area (Å²) in [5.41, 5.74) is 0.957. The molecule has 0 radical (unpaired) electrons. The molecule has 0 spiro atoms. The molecule has 0 aliphatic carbocycles. The summed E-state index contributed by atoms with van der Waals surface area (Å²) < 4.78 is 5.60. The van der Waals surface area contributed by atoms with Gasteiger partial charge in [-0.2, -0.15) is 0 Å². The molecular weight excluding hydrogens is 352 g/mol. The van der Waals surface area contributed by atoms with Crippen molar-refractivity contribution in [2.45, 2.75) is 31.4 Å². The Morgan fingerprint density at radius 1 is 1.31 bits per heavy atom. The Morgan fingerprint density at radius 3 is 2.85 bits per heavy atom. The summed E-state index contributed by atoms with van der Waals surface area (Å²) in [5, 5.41) is 12.3. The maximum Gasteiger partial charge on any atom is 0.232 e. The molecule has 2 aliphatic rings. The second-order valence-electron chi connectivity index (χ2n) is 6.61. The number of aromatic nitrogens is 2. The number of nitrogens with one attached hydrogen (secondary N) is 1. The highest BCUT2D eigenvalue weighted by molar-refractivity contribution is 7.15. The van der Waals surface area contributed by atoms with Gasteiger partial charge in [-0.15, -0.1) is 10.2 Å². The fourth-order valence-electron chi connectivity index (χ4n) is 3.60. The number of anilines is 1. The molecular formula is C18H20N4O3S. The third kappa shape index (κ3) is 3.22. The highest BCUT2D eigenvalue weighted by Gasteiger charge is 2.42. The Labute approximate surface area is 155 Å². The molecule has 0 unspecified atom stereocenters. The van der Waals surface area contributed by atoms with Crippen LogP contribution in [0.1, 0.15) is 42.0 Å². The maximum absolute atomic E-state index is 12.8. The minimum Gasteiger partial charge on any atom is -0.371 e. The standard InChI is InChI=1S/C18H20N4O3S/c1-22-14(23)10-12(15(22)11-6-3-2-4-7-11)16(24)19-18-21-20-17(26-18)13-8-5-9-25-13/h2-4,6-7,12-13,15H,5,8-10H2,1H3,(H,19,21,24)/t12-,13+,15+/m1/s1. The molecule has 0 saturated carbocycles. The van der Waals surface area contributed by atoms with Crippen molar-refractivity contribution in [1.82, 2.24) is 15.1 Å². The molecule has 2 fully saturated rings. The molecule has 1 N–H and O–H groups in total. The molecule has 2 amide bonds. The first kappa shape index (κ1) is 17.1. The van der Waals surface area contributed by atoms with Gasteiger partial charge in [0.2, 0.25) is 16.9 Å². The molecule has 8 heteroatoms. The molecule has 2 aromatic rings. The monoisotopic (exact) mass is 372 g/mol. The van der Waals surface area contributed by atoms with E-state index < -0.39 is 5.92 Å². The molecule has 1 aromatic heterocycles. The zero-order chi connectivity index (χ0) is 18.1. The lowest BCUT2D eigenvalue weighted by Crippen LogP contribution is -2.29. The second-order valence-corrected chi connectivity index (χ2v) is 7.62. The quantitative estimate of drug-likeness (QED) is 0.892. The van der Waals surface area contributed by atoms with Gasteiger partial charge in [-0.1, -0.05) is 41.7 Å². The second kappa shape index (κ2) is 7.13. The van der Waals surface area contributed by atoms with Crippen LogP contribution in [0.3, 0.4) is 0 Å². The number of ether oxygens (including phenoxy) is 1. The van der Waals surface area contributed by atoms with Crippen LogP contribution in [0.5, 0.6) is 0 Å². The summed E-state index contributed by atoms with van der Waals surface area (Å²) in [6.07, 6.45) is 2.12. The van der Waals surface area contributed by atoms with Gasteiger partial charge < -0.3 is 15.0 Å². The van der Waals surface area contributed by atoms with Crippen molar-refractivity contribution in [1.29, 1.82) is 0 Å². The number of nitrogens with zero attached hydrogens (tertiary/aromatic N) is 3. The lowest BCUT2D eigenvalue weighted by molar-refractivity contribution is -0.127. The largest absolute Gasteiger partial charge is 0.371 e. The minimum atomic E-state index is -0.454. The van der Waals surface area contributed by atoms with Gasteiger partial charge in [0.05, 0.1) is 12.0 Å². The van der Waals surface area contributed by atoms with E-state index in [2.05, 4.69) is 15.5 Å². The van der Waals surface area contributed by atoms with Crippen molar-refractivity contribution in [3.63, 3.8) is 0 Å². The third-order valence-corrected chi connectivity index (χ3v) is 5.87. The highest BCUT2D eigenvalue weighted by Crippen LogP contribution is 2.38. The van der Waals surface area contributed by atoms with Crippen molar-refractivity contribution in [3.8, 4) is 0 Å². The predicted octanol–water partition coefficient (Wildman–Crippen LogP) is 2.55. The molecule has 7 nitrogen and oxygen atoms in total. The third-order valence-electron chi connectivity index (χ3n) is 4.94. The van der Waals surface area contributed by atoms with Gasteiger partial charge in [0, 0.05) is 20.1 Å². The van der Waals surface area contributed by atoms with Crippen LogP contribution < -0.4 is 5.32 Å². The lowest BCUT2D eigenvalue weighted by Gasteiger charge is -2.24. The number of rotatable bonds is 4. The number of carbonyl (C=O) groups excluding carboxylic acids is 2. The fourth-order valence-corrected chi connectivity index (χ4v) is 4.43. The highest BCUT2D eigenvalue weighted by atomic mass is 32.1. The first-order valence-electron chi connectivity index (χ1n) is 8.70. The van der Waals surface area contributed by atoms with Crippen LogP contribution in [0.4, 0.5) is 5.13 Å². The van der Waals surface area contributed by atoms with Crippen LogP contribution >= 0.6 is 11.3 Å². The van der Waals surface area contributed by atoms with Crippen molar-refractivity contribution < 1.29 is 14.3 Å². The Bertz CT molecular complexity index is 804. The zero-order valence-corrected chi connectivity index (χ0v) is 15.2. The average Bonchev–Trinajstić information content (AvgIpc) is 3.37. The molecule has 136 valence electrons. The van der Waals surface area contributed by atoms with Crippen LogP contribution in [0.25, 0.3) is 0 Å². The molecule has 2 aliphatic heterocycles. The molecule has 2 saturated heterocycles. The molecule has 26 heavy (non-hydrogen) atoms.